The molecule has 1 aliphatic heterocycles. The first kappa shape index (κ1) is 29.1. The molecule has 1 fully saturated rings. The van der Waals surface area contributed by atoms with E-state index in [0.717, 1.165) is 61.0 Å². The molecule has 0 bridgehead atoms. The predicted molar refractivity (Wildman–Crippen MR) is 168 cm³/mol. The molecule has 0 radical (unpaired) electrons. The standard InChI is InChI=1S/C34H34FN7O2/c1-23-13-25(21-41-9-11-44-12-10-41)16-28(14-23)39-33(43)18-27-17-26(24(2)15-31(27)35)6-7-30-20-36-34-32(5-4-8-42(30)34)38-29-19-37-40(3)22-29/h4-5,8,13-17,19-20,22,38H,9-12,18,21H2,1-3H3,(H,39,43). The molecule has 0 saturated carbocycles. The Bertz CT molecular complexity index is 1890. The summed E-state index contributed by atoms with van der Waals surface area (Å²) in [5, 5.41) is 10.5. The quantitative estimate of drug-likeness (QED) is 0.260. The van der Waals surface area contributed by atoms with Crippen molar-refractivity contribution in [1.82, 2.24) is 24.1 Å². The normalized spacial score (nSPS) is 13.5. The first-order valence-electron chi connectivity index (χ1n) is 14.5. The molecule has 2 aromatic carbocycles. The molecule has 1 aliphatic rings. The van der Waals surface area contributed by atoms with Gasteiger partial charge in [-0.05, 0) is 78.4 Å². The van der Waals surface area contributed by atoms with Crippen LogP contribution in [0.2, 0.25) is 0 Å². The van der Waals surface area contributed by atoms with Gasteiger partial charge in [0.15, 0.2) is 5.65 Å². The predicted octanol–water partition coefficient (Wildman–Crippen LogP) is 4.98. The highest BCUT2D eigenvalue weighted by molar-refractivity contribution is 5.92. The zero-order chi connectivity index (χ0) is 30.6. The van der Waals surface area contributed by atoms with E-state index in [4.69, 9.17) is 4.74 Å². The van der Waals surface area contributed by atoms with E-state index in [1.54, 1.807) is 23.1 Å². The SMILES string of the molecule is Cc1cc(CN2CCOCC2)cc(NC(=O)Cc2cc(C#Cc3cnc4c(Nc5cnn(C)c5)cccn34)c(C)cc2F)c1. The van der Waals surface area contributed by atoms with Crippen molar-refractivity contribution in [3.63, 3.8) is 0 Å². The fraction of sp³-hybridized carbons (Fsp3) is 0.265. The van der Waals surface area contributed by atoms with Crippen molar-refractivity contribution >= 4 is 28.6 Å². The van der Waals surface area contributed by atoms with Gasteiger partial charge in [-0.3, -0.25) is 18.8 Å². The van der Waals surface area contributed by atoms with Crippen LogP contribution in [-0.4, -0.2) is 56.3 Å². The molecular formula is C34H34FN7O2. The van der Waals surface area contributed by atoms with Gasteiger partial charge in [0.05, 0.1) is 43.4 Å². The molecule has 4 heterocycles. The molecule has 5 aromatic rings. The lowest BCUT2D eigenvalue weighted by molar-refractivity contribution is -0.115. The third kappa shape index (κ3) is 6.80. The van der Waals surface area contributed by atoms with Gasteiger partial charge >= 0.3 is 0 Å². The van der Waals surface area contributed by atoms with E-state index in [2.05, 4.69) is 43.5 Å². The summed E-state index contributed by atoms with van der Waals surface area (Å²) in [6.07, 6.45) is 7.12. The molecule has 0 spiro atoms. The third-order valence-electron chi connectivity index (χ3n) is 7.52. The summed E-state index contributed by atoms with van der Waals surface area (Å²) in [6.45, 7) is 7.83. The first-order valence-corrected chi connectivity index (χ1v) is 14.5. The van der Waals surface area contributed by atoms with Gasteiger partial charge in [0, 0.05) is 50.3 Å². The van der Waals surface area contributed by atoms with Crippen LogP contribution in [0, 0.1) is 31.5 Å². The summed E-state index contributed by atoms with van der Waals surface area (Å²) in [7, 11) is 1.86. The number of ether oxygens (including phenoxy) is 1. The molecule has 0 atom stereocenters. The summed E-state index contributed by atoms with van der Waals surface area (Å²) in [4.78, 5) is 19.9. The van der Waals surface area contributed by atoms with Gasteiger partial charge in [-0.1, -0.05) is 12.0 Å². The van der Waals surface area contributed by atoms with Crippen molar-refractivity contribution in [3.05, 3.63) is 107 Å². The van der Waals surface area contributed by atoms with Crippen LogP contribution in [0.1, 0.15) is 33.5 Å². The number of amides is 1. The maximum atomic E-state index is 15.0. The fourth-order valence-electron chi connectivity index (χ4n) is 5.38. The highest BCUT2D eigenvalue weighted by atomic mass is 19.1. The number of nitrogens with zero attached hydrogens (tertiary/aromatic N) is 5. The van der Waals surface area contributed by atoms with E-state index >= 15 is 0 Å². The number of anilines is 3. The molecule has 224 valence electrons. The number of carbonyl (C=O) groups is 1. The minimum Gasteiger partial charge on any atom is -0.379 e. The Morgan fingerprint density at radius 2 is 1.91 bits per heavy atom. The first-order chi connectivity index (χ1) is 21.3. The smallest absolute Gasteiger partial charge is 0.228 e. The molecule has 10 heteroatoms. The van der Waals surface area contributed by atoms with E-state index in [0.29, 0.717) is 28.1 Å². The number of carbonyl (C=O) groups excluding carboxylic acids is 1. The number of morpholine rings is 1. The average Bonchev–Trinajstić information content (AvgIpc) is 3.60. The largest absolute Gasteiger partial charge is 0.379 e. The minimum absolute atomic E-state index is 0.105. The lowest BCUT2D eigenvalue weighted by Crippen LogP contribution is -2.35. The molecule has 2 N–H and O–H groups in total. The van der Waals surface area contributed by atoms with Crippen LogP contribution < -0.4 is 10.6 Å². The number of hydrogen-bond acceptors (Lipinski definition) is 6. The summed E-state index contributed by atoms with van der Waals surface area (Å²) in [5.74, 6) is 5.63. The highest BCUT2D eigenvalue weighted by Gasteiger charge is 2.14. The molecule has 9 nitrogen and oxygen atoms in total. The van der Waals surface area contributed by atoms with Gasteiger partial charge in [0.1, 0.15) is 11.5 Å². The Hall–Kier alpha value is -4.98. The van der Waals surface area contributed by atoms with Crippen LogP contribution in [0.15, 0.2) is 67.3 Å². The zero-order valence-corrected chi connectivity index (χ0v) is 25.0. The maximum absolute atomic E-state index is 15.0. The van der Waals surface area contributed by atoms with Crippen LogP contribution in [-0.2, 0) is 29.5 Å². The summed E-state index contributed by atoms with van der Waals surface area (Å²) in [5.41, 5.74) is 7.59. The monoisotopic (exact) mass is 591 g/mol. The number of aryl methyl sites for hydroxylation is 3. The maximum Gasteiger partial charge on any atom is 0.228 e. The Balaban J connectivity index is 1.17. The number of aromatic nitrogens is 4. The van der Waals surface area contributed by atoms with Crippen molar-refractivity contribution in [1.29, 1.82) is 0 Å². The second-order valence-electron chi connectivity index (χ2n) is 11.1. The molecule has 1 amide bonds. The van der Waals surface area contributed by atoms with E-state index in [1.807, 2.05) is 62.0 Å². The van der Waals surface area contributed by atoms with Crippen LogP contribution in [0.4, 0.5) is 21.5 Å². The Labute approximate surface area is 255 Å². The number of nitrogens with one attached hydrogen (secondary N) is 2. The lowest BCUT2D eigenvalue weighted by Gasteiger charge is -2.26. The van der Waals surface area contributed by atoms with Gasteiger partial charge in [0.2, 0.25) is 5.91 Å². The van der Waals surface area contributed by atoms with E-state index in [9.17, 15) is 9.18 Å². The van der Waals surface area contributed by atoms with Crippen molar-refractivity contribution < 1.29 is 13.9 Å². The van der Waals surface area contributed by atoms with Crippen molar-refractivity contribution in [2.45, 2.75) is 26.8 Å². The lowest BCUT2D eigenvalue weighted by atomic mass is 10.0. The fourth-order valence-corrected chi connectivity index (χ4v) is 5.38. The van der Waals surface area contributed by atoms with Gasteiger partial charge in [-0.2, -0.15) is 5.10 Å². The average molecular weight is 592 g/mol. The highest BCUT2D eigenvalue weighted by Crippen LogP contribution is 2.22. The van der Waals surface area contributed by atoms with Crippen LogP contribution >= 0.6 is 0 Å². The summed E-state index contributed by atoms with van der Waals surface area (Å²) in [6, 6.07) is 13.0. The molecule has 6 rings (SSSR count). The van der Waals surface area contributed by atoms with Gasteiger partial charge in [0.25, 0.3) is 0 Å². The van der Waals surface area contributed by atoms with Crippen molar-refractivity contribution in [3.8, 4) is 11.8 Å². The second-order valence-corrected chi connectivity index (χ2v) is 11.1. The molecule has 1 saturated heterocycles. The minimum atomic E-state index is -0.429. The molecule has 0 unspecified atom stereocenters. The van der Waals surface area contributed by atoms with Gasteiger partial charge in [-0.15, -0.1) is 0 Å². The third-order valence-corrected chi connectivity index (χ3v) is 7.52. The number of rotatable bonds is 7. The topological polar surface area (TPSA) is 88.7 Å². The number of fused-ring (bicyclic) bond motifs is 1. The van der Waals surface area contributed by atoms with Crippen LogP contribution in [0.3, 0.4) is 0 Å². The number of imidazole rings is 1. The number of halogens is 1. The van der Waals surface area contributed by atoms with Crippen molar-refractivity contribution in [2.24, 2.45) is 7.05 Å². The van der Waals surface area contributed by atoms with E-state index in [1.165, 1.54) is 6.07 Å². The Morgan fingerprint density at radius 3 is 2.70 bits per heavy atom. The van der Waals surface area contributed by atoms with Crippen molar-refractivity contribution in [2.75, 3.05) is 36.9 Å². The number of hydrogen-bond donors (Lipinski definition) is 2. The molecule has 44 heavy (non-hydrogen) atoms. The van der Waals surface area contributed by atoms with E-state index in [-0.39, 0.29) is 12.3 Å². The Kier molecular flexibility index (Phi) is 8.41. The van der Waals surface area contributed by atoms with E-state index < -0.39 is 5.82 Å². The van der Waals surface area contributed by atoms with Gasteiger partial charge in [-0.25, -0.2) is 9.37 Å². The number of benzene rings is 2. The molecular weight excluding hydrogens is 557 g/mol. The van der Waals surface area contributed by atoms with Gasteiger partial charge < -0.3 is 15.4 Å². The van der Waals surface area contributed by atoms with Crippen LogP contribution in [0.25, 0.3) is 5.65 Å². The number of pyridine rings is 1. The second kappa shape index (κ2) is 12.7. The summed E-state index contributed by atoms with van der Waals surface area (Å²) < 4.78 is 24.1. The van der Waals surface area contributed by atoms with Crippen LogP contribution in [0.5, 0.6) is 0 Å². The molecule has 0 aliphatic carbocycles. The molecule has 3 aromatic heterocycles. The zero-order valence-electron chi connectivity index (χ0n) is 25.0. The Morgan fingerprint density at radius 1 is 1.07 bits per heavy atom. The summed E-state index contributed by atoms with van der Waals surface area (Å²) >= 11 is 0.